The molecule has 0 radical (unpaired) electrons. The smallest absolute Gasteiger partial charge is 0.308 e. The maximum absolute atomic E-state index is 12.2. The lowest BCUT2D eigenvalue weighted by atomic mass is 10.1. The number of nitrogens with zero attached hydrogens (tertiary/aromatic N) is 2. The largest absolute Gasteiger partial charge is 0.481 e. The number of aryl methyl sites for hydroxylation is 1. The first-order chi connectivity index (χ1) is 8.47. The first-order valence-corrected chi connectivity index (χ1v) is 6.10. The number of carbonyl (C=O) groups is 2. The van der Waals surface area contributed by atoms with Crippen molar-refractivity contribution in [3.8, 4) is 0 Å². The van der Waals surface area contributed by atoms with Gasteiger partial charge in [0, 0.05) is 26.3 Å². The Labute approximate surface area is 107 Å². The van der Waals surface area contributed by atoms with Gasteiger partial charge in [-0.2, -0.15) is 0 Å². The zero-order chi connectivity index (χ0) is 13.7. The molecule has 0 saturated carbocycles. The molecule has 18 heavy (non-hydrogen) atoms. The summed E-state index contributed by atoms with van der Waals surface area (Å²) in [5.74, 6) is -1.59. The fourth-order valence-electron chi connectivity index (χ4n) is 1.81. The molecule has 5 nitrogen and oxygen atoms in total. The van der Waals surface area contributed by atoms with E-state index >= 15 is 0 Å². The summed E-state index contributed by atoms with van der Waals surface area (Å²) in [7, 11) is 1.63. The van der Waals surface area contributed by atoms with E-state index in [0.717, 1.165) is 13.0 Å². The molecule has 1 rings (SSSR count). The fraction of sp³-hybridized carbons (Fsp3) is 0.538. The van der Waals surface area contributed by atoms with Gasteiger partial charge in [0.05, 0.1) is 5.92 Å². The molecule has 100 valence electrons. The maximum atomic E-state index is 12.2. The molecule has 0 fully saturated rings. The Morgan fingerprint density at radius 3 is 2.72 bits per heavy atom. The lowest BCUT2D eigenvalue weighted by molar-refractivity contribution is -0.141. The summed E-state index contributed by atoms with van der Waals surface area (Å²) < 4.78 is 1.89. The van der Waals surface area contributed by atoms with Crippen LogP contribution in [0.1, 0.15) is 30.8 Å². The van der Waals surface area contributed by atoms with Gasteiger partial charge in [0.2, 0.25) is 0 Å². The van der Waals surface area contributed by atoms with Crippen molar-refractivity contribution in [2.24, 2.45) is 5.92 Å². The van der Waals surface area contributed by atoms with Gasteiger partial charge in [-0.3, -0.25) is 9.59 Å². The molecule has 0 aliphatic rings. The van der Waals surface area contributed by atoms with Crippen molar-refractivity contribution in [2.75, 3.05) is 13.6 Å². The highest BCUT2D eigenvalue weighted by Crippen LogP contribution is 2.08. The SMILES string of the molecule is CCCn1cccc1C(=O)N(C)CC(C)C(=O)O. The van der Waals surface area contributed by atoms with Crippen molar-refractivity contribution in [1.82, 2.24) is 9.47 Å². The van der Waals surface area contributed by atoms with Crippen LogP contribution >= 0.6 is 0 Å². The van der Waals surface area contributed by atoms with E-state index in [9.17, 15) is 9.59 Å². The fourth-order valence-corrected chi connectivity index (χ4v) is 1.81. The monoisotopic (exact) mass is 252 g/mol. The average molecular weight is 252 g/mol. The van der Waals surface area contributed by atoms with Gasteiger partial charge in [0.1, 0.15) is 5.69 Å². The first-order valence-electron chi connectivity index (χ1n) is 6.10. The third-order valence-corrected chi connectivity index (χ3v) is 2.83. The van der Waals surface area contributed by atoms with Gasteiger partial charge >= 0.3 is 5.97 Å². The Morgan fingerprint density at radius 1 is 1.50 bits per heavy atom. The van der Waals surface area contributed by atoms with E-state index in [1.54, 1.807) is 20.0 Å². The molecule has 0 aliphatic carbocycles. The van der Waals surface area contributed by atoms with Crippen molar-refractivity contribution in [1.29, 1.82) is 0 Å². The second kappa shape index (κ2) is 6.23. The standard InChI is InChI=1S/C13H20N2O3/c1-4-7-15-8-5-6-11(15)12(16)14(3)9-10(2)13(17)18/h5-6,8,10H,4,7,9H2,1-3H3,(H,17,18). The second-order valence-corrected chi connectivity index (χ2v) is 4.51. The molecule has 1 unspecified atom stereocenters. The molecule has 1 amide bonds. The summed E-state index contributed by atoms with van der Waals surface area (Å²) in [6.45, 7) is 4.64. The van der Waals surface area contributed by atoms with E-state index in [0.29, 0.717) is 5.69 Å². The highest BCUT2D eigenvalue weighted by atomic mass is 16.4. The minimum absolute atomic E-state index is 0.137. The number of aliphatic carboxylic acids is 1. The third-order valence-electron chi connectivity index (χ3n) is 2.83. The van der Waals surface area contributed by atoms with Gasteiger partial charge in [0.25, 0.3) is 5.91 Å². The summed E-state index contributed by atoms with van der Waals surface area (Å²) >= 11 is 0. The van der Waals surface area contributed by atoms with Crippen LogP contribution in [0.2, 0.25) is 0 Å². The van der Waals surface area contributed by atoms with E-state index in [4.69, 9.17) is 5.11 Å². The molecule has 1 aromatic rings. The first kappa shape index (κ1) is 14.3. The zero-order valence-corrected chi connectivity index (χ0v) is 11.1. The Kier molecular flexibility index (Phi) is 4.95. The molecule has 1 atom stereocenters. The molecule has 0 bridgehead atoms. The maximum Gasteiger partial charge on any atom is 0.308 e. The van der Waals surface area contributed by atoms with Crippen LogP contribution in [-0.2, 0) is 11.3 Å². The van der Waals surface area contributed by atoms with Gasteiger partial charge in [-0.25, -0.2) is 0 Å². The lowest BCUT2D eigenvalue weighted by Crippen LogP contribution is -2.34. The van der Waals surface area contributed by atoms with E-state index in [1.807, 2.05) is 23.8 Å². The van der Waals surface area contributed by atoms with Crippen LogP contribution in [0.4, 0.5) is 0 Å². The Bertz CT molecular complexity index is 426. The molecule has 0 spiro atoms. The number of hydrogen-bond donors (Lipinski definition) is 1. The highest BCUT2D eigenvalue weighted by Gasteiger charge is 2.20. The number of carbonyl (C=O) groups excluding carboxylic acids is 1. The number of carboxylic acids is 1. The average Bonchev–Trinajstić information content (AvgIpc) is 2.76. The van der Waals surface area contributed by atoms with Gasteiger partial charge in [-0.05, 0) is 18.6 Å². The van der Waals surface area contributed by atoms with Crippen LogP contribution < -0.4 is 0 Å². The van der Waals surface area contributed by atoms with Crippen LogP contribution in [0.25, 0.3) is 0 Å². The number of hydrogen-bond acceptors (Lipinski definition) is 2. The van der Waals surface area contributed by atoms with Gasteiger partial charge in [-0.1, -0.05) is 13.8 Å². The number of carboxylic acid groups (broad SMARTS) is 1. The summed E-state index contributed by atoms with van der Waals surface area (Å²) in [5.41, 5.74) is 0.608. The molecule has 1 N–H and O–H groups in total. The molecule has 5 heteroatoms. The summed E-state index contributed by atoms with van der Waals surface area (Å²) in [6, 6.07) is 3.59. The van der Waals surface area contributed by atoms with Crippen molar-refractivity contribution in [2.45, 2.75) is 26.8 Å². The van der Waals surface area contributed by atoms with Crippen molar-refractivity contribution < 1.29 is 14.7 Å². The minimum atomic E-state index is -0.890. The summed E-state index contributed by atoms with van der Waals surface area (Å²) in [6.07, 6.45) is 2.81. The quantitative estimate of drug-likeness (QED) is 0.838. The van der Waals surface area contributed by atoms with Crippen LogP contribution in [0.5, 0.6) is 0 Å². The van der Waals surface area contributed by atoms with Gasteiger partial charge in [-0.15, -0.1) is 0 Å². The molecular formula is C13H20N2O3. The predicted octanol–water partition coefficient (Wildman–Crippen LogP) is 1.69. The molecule has 0 aromatic carbocycles. The van der Waals surface area contributed by atoms with Crippen molar-refractivity contribution in [3.05, 3.63) is 24.0 Å². The number of aromatic nitrogens is 1. The molecule has 0 saturated heterocycles. The van der Waals surface area contributed by atoms with Crippen LogP contribution in [0.3, 0.4) is 0 Å². The van der Waals surface area contributed by atoms with E-state index in [2.05, 4.69) is 0 Å². The van der Waals surface area contributed by atoms with Crippen molar-refractivity contribution in [3.63, 3.8) is 0 Å². The normalized spacial score (nSPS) is 12.2. The summed E-state index contributed by atoms with van der Waals surface area (Å²) in [5, 5.41) is 8.84. The predicted molar refractivity (Wildman–Crippen MR) is 68.5 cm³/mol. The van der Waals surface area contributed by atoms with E-state index < -0.39 is 11.9 Å². The van der Waals surface area contributed by atoms with Gasteiger partial charge in [0.15, 0.2) is 0 Å². The molecular weight excluding hydrogens is 232 g/mol. The zero-order valence-electron chi connectivity index (χ0n) is 11.1. The number of amides is 1. The second-order valence-electron chi connectivity index (χ2n) is 4.51. The van der Waals surface area contributed by atoms with E-state index in [1.165, 1.54) is 4.90 Å². The van der Waals surface area contributed by atoms with Crippen molar-refractivity contribution >= 4 is 11.9 Å². The highest BCUT2D eigenvalue weighted by molar-refractivity contribution is 5.92. The Morgan fingerprint density at radius 2 is 2.17 bits per heavy atom. The summed E-state index contributed by atoms with van der Waals surface area (Å²) in [4.78, 5) is 24.4. The minimum Gasteiger partial charge on any atom is -0.481 e. The van der Waals surface area contributed by atoms with Gasteiger partial charge < -0.3 is 14.6 Å². The third kappa shape index (κ3) is 3.35. The van der Waals surface area contributed by atoms with Crippen LogP contribution in [-0.4, -0.2) is 40.0 Å². The topological polar surface area (TPSA) is 62.5 Å². The lowest BCUT2D eigenvalue weighted by Gasteiger charge is -2.20. The van der Waals surface area contributed by atoms with Crippen LogP contribution in [0, 0.1) is 5.92 Å². The Balaban J connectivity index is 2.74. The molecule has 1 aromatic heterocycles. The molecule has 1 heterocycles. The van der Waals surface area contributed by atoms with Crippen LogP contribution in [0.15, 0.2) is 18.3 Å². The number of rotatable bonds is 6. The Hall–Kier alpha value is -1.78. The van der Waals surface area contributed by atoms with E-state index in [-0.39, 0.29) is 12.5 Å². The molecule has 0 aliphatic heterocycles.